The number of rotatable bonds is 7. The van der Waals surface area contributed by atoms with Gasteiger partial charge in [-0.25, -0.2) is 0 Å². The Balaban J connectivity index is 1.84. The number of allylic oxidation sites excluding steroid dienone is 1. The summed E-state index contributed by atoms with van der Waals surface area (Å²) in [5.41, 5.74) is 2.67. The van der Waals surface area contributed by atoms with E-state index in [1.165, 1.54) is 19.2 Å². The Hall–Kier alpha value is -3.46. The first-order valence-corrected chi connectivity index (χ1v) is 9.85. The van der Waals surface area contributed by atoms with Gasteiger partial charge in [-0.05, 0) is 52.6 Å². The summed E-state index contributed by atoms with van der Waals surface area (Å²) in [6.45, 7) is 0.160. The first kappa shape index (κ1) is 22.2. The molecular formula is C24H16Cl2NO4-. The average Bonchev–Trinajstić information content (AvgIpc) is 2.77. The molecule has 0 saturated heterocycles. The lowest BCUT2D eigenvalue weighted by Crippen LogP contribution is -2.22. The zero-order chi connectivity index (χ0) is 22.4. The molecule has 0 aliphatic carbocycles. The maximum absolute atomic E-state index is 10.8. The largest absolute Gasteiger partial charge is 0.545 e. The van der Waals surface area contributed by atoms with Crippen LogP contribution in [0.1, 0.15) is 27.0 Å². The number of ether oxygens (including phenoxy) is 2. The Bertz CT molecular complexity index is 1160. The second-order valence-corrected chi connectivity index (χ2v) is 7.33. The van der Waals surface area contributed by atoms with E-state index in [9.17, 15) is 15.2 Å². The van der Waals surface area contributed by atoms with Gasteiger partial charge < -0.3 is 19.4 Å². The SMILES string of the molecule is COc1cc(/C=C(/C#N)c2ccc(Cl)cc2)cc(Cl)c1OCc1ccc(C(=O)[O-])cc1. The second-order valence-electron chi connectivity index (χ2n) is 6.48. The van der Waals surface area contributed by atoms with Gasteiger partial charge in [0.25, 0.3) is 0 Å². The summed E-state index contributed by atoms with van der Waals surface area (Å²) < 4.78 is 11.2. The van der Waals surface area contributed by atoms with Crippen molar-refractivity contribution in [3.8, 4) is 17.6 Å². The van der Waals surface area contributed by atoms with Crippen molar-refractivity contribution in [1.29, 1.82) is 5.26 Å². The van der Waals surface area contributed by atoms with E-state index in [1.807, 2.05) is 0 Å². The number of carbonyl (C=O) groups excluding carboxylic acids is 1. The average molecular weight is 453 g/mol. The highest BCUT2D eigenvalue weighted by atomic mass is 35.5. The maximum Gasteiger partial charge on any atom is 0.180 e. The molecule has 3 aromatic carbocycles. The van der Waals surface area contributed by atoms with Crippen LogP contribution >= 0.6 is 23.2 Å². The Morgan fingerprint density at radius 2 is 1.71 bits per heavy atom. The van der Waals surface area contributed by atoms with Gasteiger partial charge in [0, 0.05) is 5.02 Å². The number of carbonyl (C=O) groups is 1. The number of nitrogens with zero attached hydrogens (tertiary/aromatic N) is 1. The van der Waals surface area contributed by atoms with Crippen molar-refractivity contribution in [3.05, 3.63) is 93.0 Å². The highest BCUT2D eigenvalue weighted by Crippen LogP contribution is 2.38. The molecule has 31 heavy (non-hydrogen) atoms. The molecule has 0 amide bonds. The van der Waals surface area contributed by atoms with Crippen molar-refractivity contribution in [3.63, 3.8) is 0 Å². The Kier molecular flexibility index (Phi) is 7.19. The molecule has 0 radical (unpaired) electrons. The van der Waals surface area contributed by atoms with Crippen molar-refractivity contribution in [2.45, 2.75) is 6.61 Å². The fourth-order valence-electron chi connectivity index (χ4n) is 2.83. The highest BCUT2D eigenvalue weighted by Gasteiger charge is 2.13. The van der Waals surface area contributed by atoms with Crippen LogP contribution in [-0.2, 0) is 6.61 Å². The van der Waals surface area contributed by atoms with E-state index in [4.69, 9.17) is 32.7 Å². The molecule has 0 N–H and O–H groups in total. The van der Waals surface area contributed by atoms with Gasteiger partial charge in [-0.1, -0.05) is 59.6 Å². The minimum absolute atomic E-state index is 0.0875. The number of carboxylic acid groups (broad SMARTS) is 1. The van der Waals surface area contributed by atoms with Crippen LogP contribution in [0.15, 0.2) is 60.7 Å². The van der Waals surface area contributed by atoms with E-state index in [2.05, 4.69) is 6.07 Å². The van der Waals surface area contributed by atoms with Crippen LogP contribution in [0.3, 0.4) is 0 Å². The number of carboxylic acids is 1. The highest BCUT2D eigenvalue weighted by molar-refractivity contribution is 6.32. The van der Waals surface area contributed by atoms with E-state index < -0.39 is 5.97 Å². The van der Waals surface area contributed by atoms with Crippen LogP contribution in [0.4, 0.5) is 0 Å². The van der Waals surface area contributed by atoms with E-state index >= 15 is 0 Å². The zero-order valence-electron chi connectivity index (χ0n) is 16.4. The first-order valence-electron chi connectivity index (χ1n) is 9.09. The maximum atomic E-state index is 10.8. The standard InChI is InChI=1S/C24H17Cl2NO4/c1-30-22-12-16(10-19(13-27)17-6-8-20(25)9-7-17)11-21(26)23(22)31-14-15-2-4-18(5-3-15)24(28)29/h2-12H,14H2,1H3,(H,28,29)/p-1/b19-10-. The van der Waals surface area contributed by atoms with Gasteiger partial charge in [0.05, 0.1) is 29.7 Å². The normalized spacial score (nSPS) is 11.0. The van der Waals surface area contributed by atoms with E-state index in [-0.39, 0.29) is 12.2 Å². The third kappa shape index (κ3) is 5.58. The molecule has 0 fully saturated rings. The van der Waals surface area contributed by atoms with E-state index in [0.717, 1.165) is 11.1 Å². The monoisotopic (exact) mass is 452 g/mol. The van der Waals surface area contributed by atoms with Crippen LogP contribution < -0.4 is 14.6 Å². The number of halogens is 2. The Morgan fingerprint density at radius 1 is 1.06 bits per heavy atom. The number of nitriles is 1. The lowest BCUT2D eigenvalue weighted by molar-refractivity contribution is -0.255. The second kappa shape index (κ2) is 10.0. The van der Waals surface area contributed by atoms with Crippen LogP contribution in [0.5, 0.6) is 11.5 Å². The topological polar surface area (TPSA) is 82.4 Å². The van der Waals surface area contributed by atoms with Crippen molar-refractivity contribution in [2.75, 3.05) is 7.11 Å². The minimum atomic E-state index is -1.24. The smallest absolute Gasteiger partial charge is 0.180 e. The van der Waals surface area contributed by atoms with Gasteiger partial charge in [0.2, 0.25) is 0 Å². The number of aromatic carboxylic acids is 1. The van der Waals surface area contributed by atoms with Crippen LogP contribution in [-0.4, -0.2) is 13.1 Å². The summed E-state index contributed by atoms with van der Waals surface area (Å²) in [7, 11) is 1.49. The summed E-state index contributed by atoms with van der Waals surface area (Å²) in [5, 5.41) is 21.3. The third-order valence-electron chi connectivity index (χ3n) is 4.41. The molecule has 0 heterocycles. The van der Waals surface area contributed by atoms with Crippen molar-refractivity contribution in [2.24, 2.45) is 0 Å². The van der Waals surface area contributed by atoms with E-state index in [1.54, 1.807) is 54.6 Å². The molecule has 0 bridgehead atoms. The van der Waals surface area contributed by atoms with Crippen LogP contribution in [0.25, 0.3) is 11.6 Å². The third-order valence-corrected chi connectivity index (χ3v) is 4.94. The Labute approximate surface area is 189 Å². The molecule has 156 valence electrons. The van der Waals surface area contributed by atoms with Crippen molar-refractivity contribution >= 4 is 40.8 Å². The molecule has 0 unspecified atom stereocenters. The number of methoxy groups -OCH3 is 1. The predicted octanol–water partition coefficient (Wildman–Crippen LogP) is 5.01. The molecule has 0 atom stereocenters. The molecular weight excluding hydrogens is 437 g/mol. The van der Waals surface area contributed by atoms with E-state index in [0.29, 0.717) is 32.7 Å². The number of benzene rings is 3. The first-order chi connectivity index (χ1) is 14.9. The molecule has 3 rings (SSSR count). The zero-order valence-corrected chi connectivity index (χ0v) is 17.9. The van der Waals surface area contributed by atoms with Crippen molar-refractivity contribution in [1.82, 2.24) is 0 Å². The molecule has 0 spiro atoms. The number of hydrogen-bond acceptors (Lipinski definition) is 5. The number of hydrogen-bond donors (Lipinski definition) is 0. The fourth-order valence-corrected chi connectivity index (χ4v) is 3.23. The molecule has 3 aromatic rings. The summed E-state index contributed by atoms with van der Waals surface area (Å²) in [5.74, 6) is -0.495. The summed E-state index contributed by atoms with van der Waals surface area (Å²) in [6, 6.07) is 18.7. The van der Waals surface area contributed by atoms with Gasteiger partial charge in [-0.2, -0.15) is 5.26 Å². The fraction of sp³-hybridized carbons (Fsp3) is 0.0833. The molecule has 0 aliphatic rings. The molecule has 7 heteroatoms. The molecule has 5 nitrogen and oxygen atoms in total. The summed E-state index contributed by atoms with van der Waals surface area (Å²) in [6.07, 6.45) is 1.69. The van der Waals surface area contributed by atoms with Gasteiger partial charge in [0.15, 0.2) is 11.5 Å². The molecule has 0 saturated carbocycles. The Morgan fingerprint density at radius 3 is 2.29 bits per heavy atom. The predicted molar refractivity (Wildman–Crippen MR) is 118 cm³/mol. The minimum Gasteiger partial charge on any atom is -0.545 e. The quantitative estimate of drug-likeness (QED) is 0.371. The summed E-state index contributed by atoms with van der Waals surface area (Å²) >= 11 is 12.3. The van der Waals surface area contributed by atoms with Gasteiger partial charge in [-0.15, -0.1) is 0 Å². The lowest BCUT2D eigenvalue weighted by atomic mass is 10.0. The van der Waals surface area contributed by atoms with Gasteiger partial charge in [-0.3, -0.25) is 0 Å². The molecule has 0 aliphatic heterocycles. The van der Waals surface area contributed by atoms with Crippen LogP contribution in [0.2, 0.25) is 10.0 Å². The van der Waals surface area contributed by atoms with Crippen molar-refractivity contribution < 1.29 is 19.4 Å². The molecule has 0 aromatic heterocycles. The lowest BCUT2D eigenvalue weighted by Gasteiger charge is -2.14. The van der Waals surface area contributed by atoms with Crippen LogP contribution in [0, 0.1) is 11.3 Å². The summed E-state index contributed by atoms with van der Waals surface area (Å²) in [4.78, 5) is 10.8. The van der Waals surface area contributed by atoms with Gasteiger partial charge in [0.1, 0.15) is 6.61 Å². The van der Waals surface area contributed by atoms with Gasteiger partial charge >= 0.3 is 0 Å².